The van der Waals surface area contributed by atoms with Crippen molar-refractivity contribution >= 4 is 27.8 Å². The summed E-state index contributed by atoms with van der Waals surface area (Å²) in [5, 5.41) is 2.86. The van der Waals surface area contributed by atoms with Crippen molar-refractivity contribution in [3.8, 4) is 5.75 Å². The number of carbonyl (C=O) groups is 3. The highest BCUT2D eigenvalue weighted by Crippen LogP contribution is 2.15. The van der Waals surface area contributed by atoms with Gasteiger partial charge in [-0.25, -0.2) is 13.1 Å². The summed E-state index contributed by atoms with van der Waals surface area (Å²) >= 11 is 0. The number of benzene rings is 2. The monoisotopic (exact) mass is 693 g/mol. The van der Waals surface area contributed by atoms with Crippen LogP contribution in [0.2, 0.25) is 0 Å². The highest BCUT2D eigenvalue weighted by molar-refractivity contribution is 7.90. The van der Waals surface area contributed by atoms with Gasteiger partial charge in [-0.15, -0.1) is 0 Å². The van der Waals surface area contributed by atoms with Crippen LogP contribution in [0.4, 0.5) is 0 Å². The van der Waals surface area contributed by atoms with E-state index in [1.165, 1.54) is 69.0 Å². The van der Waals surface area contributed by atoms with E-state index in [9.17, 15) is 22.8 Å². The van der Waals surface area contributed by atoms with E-state index in [1.807, 2.05) is 0 Å². The molecule has 1 heterocycles. The van der Waals surface area contributed by atoms with Crippen molar-refractivity contribution in [1.82, 2.24) is 15.0 Å². The van der Waals surface area contributed by atoms with E-state index in [4.69, 9.17) is 9.47 Å². The molecular weight excluding hydrogens is 642 g/mol. The van der Waals surface area contributed by atoms with Crippen molar-refractivity contribution in [3.05, 3.63) is 89.2 Å². The summed E-state index contributed by atoms with van der Waals surface area (Å²) in [6.45, 7) is 5.28. The Kier molecular flexibility index (Phi) is 17.3. The molecule has 0 spiro atoms. The smallest absolute Gasteiger partial charge is 0.306 e. The van der Waals surface area contributed by atoms with Gasteiger partial charge in [0.05, 0.1) is 22.8 Å². The number of aromatic nitrogens is 1. The molecule has 0 aliphatic carbocycles. The quantitative estimate of drug-likeness (QED) is 0.0778. The molecule has 2 aromatic carbocycles. The molecular formula is C38H51N3O7S. The van der Waals surface area contributed by atoms with Crippen molar-refractivity contribution < 1.29 is 32.3 Å². The maximum absolute atomic E-state index is 12.9. The molecule has 3 rings (SSSR count). The van der Waals surface area contributed by atoms with Gasteiger partial charge in [0, 0.05) is 24.7 Å². The van der Waals surface area contributed by atoms with Crippen LogP contribution < -0.4 is 14.8 Å². The fourth-order valence-electron chi connectivity index (χ4n) is 4.99. The molecule has 0 aliphatic rings. The normalized spacial score (nSPS) is 11.1. The summed E-state index contributed by atoms with van der Waals surface area (Å²) in [7, 11) is -4.13. The van der Waals surface area contributed by atoms with Crippen LogP contribution in [0.1, 0.15) is 123 Å². The standard InChI is InChI=1S/C38H51N3O7S/c1-3-5-7-8-9-10-11-12-13-14-36(42)48-29-33-20-17-32(28-40-33)38(44)41-49(45,46)35-23-15-30(16-24-35)25-26-39-37(43)31-18-21-34(22-19-31)47-27-6-4-2/h15-24,28H,3-14,25-27,29H2,1-2H3,(H,39,43)(H,41,44). The van der Waals surface area contributed by atoms with Gasteiger partial charge in [-0.05, 0) is 73.4 Å². The minimum absolute atomic E-state index is 0.0196. The lowest BCUT2D eigenvalue weighted by Gasteiger charge is -2.09. The Hall–Kier alpha value is -4.25. The molecule has 0 atom stereocenters. The van der Waals surface area contributed by atoms with Crippen LogP contribution in [0, 0.1) is 0 Å². The van der Waals surface area contributed by atoms with Crippen molar-refractivity contribution in [3.63, 3.8) is 0 Å². The molecule has 0 radical (unpaired) electrons. The van der Waals surface area contributed by atoms with Crippen LogP contribution in [0.15, 0.2) is 71.8 Å². The maximum atomic E-state index is 12.9. The summed E-state index contributed by atoms with van der Waals surface area (Å²) in [6, 6.07) is 16.0. The predicted octanol–water partition coefficient (Wildman–Crippen LogP) is 7.32. The molecule has 2 amide bonds. The number of pyridine rings is 1. The second kappa shape index (κ2) is 21.7. The van der Waals surface area contributed by atoms with Gasteiger partial charge in [0.25, 0.3) is 21.8 Å². The van der Waals surface area contributed by atoms with E-state index in [2.05, 4.69) is 28.9 Å². The van der Waals surface area contributed by atoms with Gasteiger partial charge in [0.1, 0.15) is 12.4 Å². The van der Waals surface area contributed by atoms with Crippen LogP contribution in [0.25, 0.3) is 0 Å². The number of hydrogen-bond acceptors (Lipinski definition) is 8. The van der Waals surface area contributed by atoms with Gasteiger partial charge < -0.3 is 14.8 Å². The van der Waals surface area contributed by atoms with E-state index in [1.54, 1.807) is 36.4 Å². The van der Waals surface area contributed by atoms with E-state index < -0.39 is 15.9 Å². The molecule has 2 N–H and O–H groups in total. The van der Waals surface area contributed by atoms with Gasteiger partial charge in [-0.1, -0.05) is 83.8 Å². The van der Waals surface area contributed by atoms with Crippen molar-refractivity contribution in [2.45, 2.75) is 109 Å². The topological polar surface area (TPSA) is 141 Å². The third kappa shape index (κ3) is 14.8. The van der Waals surface area contributed by atoms with E-state index >= 15 is 0 Å². The zero-order valence-electron chi connectivity index (χ0n) is 28.9. The summed E-state index contributed by atoms with van der Waals surface area (Å²) in [5.41, 5.74) is 1.85. The molecule has 11 heteroatoms. The number of amides is 2. The van der Waals surface area contributed by atoms with Crippen molar-refractivity contribution in [1.29, 1.82) is 0 Å². The summed E-state index contributed by atoms with van der Waals surface area (Å²) in [4.78, 5) is 41.3. The largest absolute Gasteiger partial charge is 0.494 e. The first-order valence-corrected chi connectivity index (χ1v) is 19.0. The molecule has 3 aromatic rings. The van der Waals surface area contributed by atoms with Gasteiger partial charge in [0.15, 0.2) is 0 Å². The van der Waals surface area contributed by atoms with Crippen molar-refractivity contribution in [2.75, 3.05) is 13.2 Å². The Morgan fingerprint density at radius 1 is 0.714 bits per heavy atom. The number of ether oxygens (including phenoxy) is 2. The van der Waals surface area contributed by atoms with Crippen LogP contribution in [-0.2, 0) is 32.6 Å². The maximum Gasteiger partial charge on any atom is 0.306 e. The Morgan fingerprint density at radius 3 is 1.98 bits per heavy atom. The zero-order chi connectivity index (χ0) is 35.3. The molecule has 0 aliphatic heterocycles. The number of rotatable bonds is 23. The number of hydrogen-bond donors (Lipinski definition) is 2. The lowest BCUT2D eigenvalue weighted by atomic mass is 10.1. The van der Waals surface area contributed by atoms with Gasteiger partial charge in [0.2, 0.25) is 0 Å². The molecule has 10 nitrogen and oxygen atoms in total. The summed E-state index contributed by atoms with van der Waals surface area (Å²) in [6.07, 6.45) is 14.6. The molecule has 266 valence electrons. The first-order valence-electron chi connectivity index (χ1n) is 17.5. The van der Waals surface area contributed by atoms with E-state index in [-0.39, 0.29) is 28.9 Å². The minimum Gasteiger partial charge on any atom is -0.494 e. The van der Waals surface area contributed by atoms with Gasteiger partial charge in [-0.2, -0.15) is 0 Å². The molecule has 0 unspecified atom stereocenters. The minimum atomic E-state index is -4.13. The molecule has 0 saturated heterocycles. The average Bonchev–Trinajstić information content (AvgIpc) is 3.10. The highest BCUT2D eigenvalue weighted by atomic mass is 32.2. The van der Waals surface area contributed by atoms with Gasteiger partial charge in [-0.3, -0.25) is 19.4 Å². The van der Waals surface area contributed by atoms with Crippen LogP contribution in [0.5, 0.6) is 5.75 Å². The highest BCUT2D eigenvalue weighted by Gasteiger charge is 2.19. The molecule has 0 saturated carbocycles. The third-order valence-electron chi connectivity index (χ3n) is 8.00. The summed E-state index contributed by atoms with van der Waals surface area (Å²) in [5.74, 6) is -0.605. The lowest BCUT2D eigenvalue weighted by Crippen LogP contribution is -2.30. The number of carbonyl (C=O) groups excluding carboxylic acids is 3. The second-order valence-electron chi connectivity index (χ2n) is 12.1. The Morgan fingerprint density at radius 2 is 1.35 bits per heavy atom. The first kappa shape index (κ1) is 39.2. The predicted molar refractivity (Wildman–Crippen MR) is 190 cm³/mol. The van der Waals surface area contributed by atoms with E-state index in [0.717, 1.165) is 43.4 Å². The molecule has 49 heavy (non-hydrogen) atoms. The van der Waals surface area contributed by atoms with Crippen LogP contribution in [-0.4, -0.2) is 44.3 Å². The number of sulfonamides is 1. The molecule has 0 bridgehead atoms. The third-order valence-corrected chi connectivity index (χ3v) is 9.34. The van der Waals surface area contributed by atoms with E-state index in [0.29, 0.717) is 37.3 Å². The van der Waals surface area contributed by atoms with Crippen molar-refractivity contribution in [2.24, 2.45) is 0 Å². The molecule has 0 fully saturated rings. The molecule has 1 aromatic heterocycles. The average molecular weight is 694 g/mol. The van der Waals surface area contributed by atoms with Crippen LogP contribution in [0.3, 0.4) is 0 Å². The lowest BCUT2D eigenvalue weighted by molar-refractivity contribution is -0.145. The second-order valence-corrected chi connectivity index (χ2v) is 13.8. The fourth-order valence-corrected chi connectivity index (χ4v) is 5.96. The van der Waals surface area contributed by atoms with Crippen LogP contribution >= 0.6 is 0 Å². The van der Waals surface area contributed by atoms with Gasteiger partial charge >= 0.3 is 5.97 Å². The first-order chi connectivity index (χ1) is 23.7. The Labute approximate surface area is 291 Å². The zero-order valence-corrected chi connectivity index (χ0v) is 29.7. The summed E-state index contributed by atoms with van der Waals surface area (Å²) < 4.78 is 38.7. The number of nitrogens with one attached hydrogen (secondary N) is 2. The fraction of sp³-hybridized carbons (Fsp3) is 0.474. The SMILES string of the molecule is CCCCCCCCCCCC(=O)OCc1ccc(C(=O)NS(=O)(=O)c2ccc(CCNC(=O)c3ccc(OCCCC)cc3)cc2)cn1. The number of unbranched alkanes of at least 4 members (excludes halogenated alkanes) is 9. The Balaban J connectivity index is 1.36. The Bertz CT molecular complexity index is 1540. The number of esters is 1. The number of nitrogens with zero attached hydrogens (tertiary/aromatic N) is 1.